The number of hydrogen-bond acceptors (Lipinski definition) is 3. The second-order valence-electron chi connectivity index (χ2n) is 7.24. The summed E-state index contributed by atoms with van der Waals surface area (Å²) in [5.74, 6) is 2.19. The number of benzene rings is 3. The van der Waals surface area contributed by atoms with Gasteiger partial charge in [0.1, 0.15) is 0 Å². The Morgan fingerprint density at radius 2 is 1.16 bits per heavy atom. The van der Waals surface area contributed by atoms with Crippen molar-refractivity contribution in [2.75, 3.05) is 11.5 Å². The minimum atomic E-state index is 0.0868. The molecule has 0 N–H and O–H groups in total. The van der Waals surface area contributed by atoms with Gasteiger partial charge in [-0.25, -0.2) is 0 Å². The van der Waals surface area contributed by atoms with E-state index in [1.807, 2.05) is 54.6 Å². The summed E-state index contributed by atoms with van der Waals surface area (Å²) in [6.07, 6.45) is 1.17. The first-order chi connectivity index (χ1) is 15.2. The minimum Gasteiger partial charge on any atom is -0.294 e. The third-order valence-electron chi connectivity index (χ3n) is 5.00. The summed E-state index contributed by atoms with van der Waals surface area (Å²) >= 11 is 3.59. The largest absolute Gasteiger partial charge is 0.294 e. The molecule has 0 aliphatic carbocycles. The van der Waals surface area contributed by atoms with E-state index in [1.165, 1.54) is 6.42 Å². The number of carbonyl (C=O) groups is 1. The fourth-order valence-electron chi connectivity index (χ4n) is 3.53. The van der Waals surface area contributed by atoms with E-state index in [2.05, 4.69) is 42.1 Å². The van der Waals surface area contributed by atoms with Crippen LogP contribution in [0.25, 0.3) is 11.1 Å². The smallest absolute Gasteiger partial charge is 0.162 e. The summed E-state index contributed by atoms with van der Waals surface area (Å²) in [7, 11) is 0. The van der Waals surface area contributed by atoms with Crippen LogP contribution in [0.15, 0.2) is 107 Å². The zero-order valence-corrected chi connectivity index (χ0v) is 19.1. The summed E-state index contributed by atoms with van der Waals surface area (Å²) in [6, 6.07) is 30.8. The van der Waals surface area contributed by atoms with Crippen molar-refractivity contribution in [3.05, 3.63) is 123 Å². The standard InChI is InChI=1S/C28H24OS2/c1-21(29)27(28-30-18-11-19-31-28)26(24-16-9-4-10-17-24)20-25(22-12-5-2-6-13-22)23-14-7-3-8-15-23/h2-10,12-17H,11,18-19H2,1H3. The zero-order chi connectivity index (χ0) is 21.5. The second-order valence-corrected chi connectivity index (χ2v) is 9.71. The molecule has 0 amide bonds. The molecule has 0 saturated carbocycles. The van der Waals surface area contributed by atoms with Gasteiger partial charge in [0.05, 0.1) is 9.81 Å². The number of rotatable bonds is 5. The third-order valence-corrected chi connectivity index (χ3v) is 7.62. The number of hydrogen-bond donors (Lipinski definition) is 0. The Kier molecular flexibility index (Phi) is 7.32. The van der Waals surface area contributed by atoms with Crippen LogP contribution in [0.4, 0.5) is 0 Å². The SMILES string of the molecule is CC(=O)C(C(=C=C(c1ccccc1)c1ccccc1)c1ccccc1)=C1SCCCS1. The maximum Gasteiger partial charge on any atom is 0.162 e. The summed E-state index contributed by atoms with van der Waals surface area (Å²) in [5.41, 5.74) is 9.53. The average molecular weight is 441 g/mol. The molecule has 1 aliphatic rings. The average Bonchev–Trinajstić information content (AvgIpc) is 2.83. The number of allylic oxidation sites excluding steroid dienone is 2. The Labute approximate surface area is 193 Å². The van der Waals surface area contributed by atoms with Crippen molar-refractivity contribution in [2.45, 2.75) is 13.3 Å². The number of Topliss-reactive ketones (excluding diaryl/α,β-unsaturated/α-hetero) is 1. The topological polar surface area (TPSA) is 17.1 Å². The summed E-state index contributed by atoms with van der Waals surface area (Å²) in [5, 5.41) is 0. The second kappa shape index (κ2) is 10.5. The van der Waals surface area contributed by atoms with E-state index < -0.39 is 0 Å². The van der Waals surface area contributed by atoms with Gasteiger partial charge in [0.25, 0.3) is 0 Å². The Hall–Kier alpha value is -2.71. The molecule has 1 nitrogen and oxygen atoms in total. The molecular weight excluding hydrogens is 416 g/mol. The van der Waals surface area contributed by atoms with Crippen molar-refractivity contribution < 1.29 is 4.79 Å². The molecule has 1 aliphatic heterocycles. The Morgan fingerprint density at radius 3 is 1.61 bits per heavy atom. The molecule has 0 radical (unpaired) electrons. The molecule has 0 aromatic heterocycles. The summed E-state index contributed by atoms with van der Waals surface area (Å²) < 4.78 is 1.12. The highest BCUT2D eigenvalue weighted by Gasteiger charge is 2.21. The van der Waals surface area contributed by atoms with Crippen LogP contribution in [0, 0.1) is 0 Å². The van der Waals surface area contributed by atoms with Crippen molar-refractivity contribution in [3.8, 4) is 0 Å². The molecule has 0 atom stereocenters. The number of thioether (sulfide) groups is 2. The maximum absolute atomic E-state index is 13.0. The molecule has 0 bridgehead atoms. The minimum absolute atomic E-state index is 0.0868. The number of ketones is 1. The van der Waals surface area contributed by atoms with Crippen molar-refractivity contribution in [1.29, 1.82) is 0 Å². The van der Waals surface area contributed by atoms with Crippen molar-refractivity contribution >= 4 is 40.5 Å². The maximum atomic E-state index is 13.0. The fraction of sp³-hybridized carbons (Fsp3) is 0.143. The summed E-state index contributed by atoms with van der Waals surface area (Å²) in [6.45, 7) is 1.67. The molecule has 31 heavy (non-hydrogen) atoms. The lowest BCUT2D eigenvalue weighted by Crippen LogP contribution is -2.05. The van der Waals surface area contributed by atoms with Crippen LogP contribution in [-0.2, 0) is 4.79 Å². The van der Waals surface area contributed by atoms with Gasteiger partial charge in [-0.2, -0.15) is 0 Å². The first-order valence-electron chi connectivity index (χ1n) is 10.4. The lowest BCUT2D eigenvalue weighted by Gasteiger charge is -2.18. The van der Waals surface area contributed by atoms with Gasteiger partial charge in [-0.15, -0.1) is 29.3 Å². The lowest BCUT2D eigenvalue weighted by atomic mass is 9.93. The molecule has 3 aromatic carbocycles. The van der Waals surface area contributed by atoms with E-state index in [9.17, 15) is 4.79 Å². The van der Waals surface area contributed by atoms with Gasteiger partial charge < -0.3 is 0 Å². The molecule has 1 saturated heterocycles. The van der Waals surface area contributed by atoms with Crippen LogP contribution >= 0.6 is 23.5 Å². The molecule has 1 heterocycles. The number of carbonyl (C=O) groups excluding carboxylic acids is 1. The normalized spacial score (nSPS) is 13.3. The quantitative estimate of drug-likeness (QED) is 0.302. The van der Waals surface area contributed by atoms with Gasteiger partial charge >= 0.3 is 0 Å². The van der Waals surface area contributed by atoms with Gasteiger partial charge in [-0.05, 0) is 41.5 Å². The van der Waals surface area contributed by atoms with Crippen LogP contribution in [0.5, 0.6) is 0 Å². The monoisotopic (exact) mass is 440 g/mol. The highest BCUT2D eigenvalue weighted by atomic mass is 32.2. The Morgan fingerprint density at radius 1 is 0.710 bits per heavy atom. The molecular formula is C28H24OS2. The molecule has 0 unspecified atom stereocenters. The van der Waals surface area contributed by atoms with E-state index in [0.29, 0.717) is 0 Å². The van der Waals surface area contributed by atoms with Crippen LogP contribution in [0.2, 0.25) is 0 Å². The van der Waals surface area contributed by atoms with Crippen LogP contribution in [-0.4, -0.2) is 17.3 Å². The molecule has 1 fully saturated rings. The third kappa shape index (κ3) is 5.32. The Balaban J connectivity index is 2.07. The van der Waals surface area contributed by atoms with Crippen LogP contribution < -0.4 is 0 Å². The lowest BCUT2D eigenvalue weighted by molar-refractivity contribution is -0.113. The van der Waals surface area contributed by atoms with E-state index in [1.54, 1.807) is 30.4 Å². The molecule has 0 spiro atoms. The zero-order valence-electron chi connectivity index (χ0n) is 17.5. The predicted molar refractivity (Wildman–Crippen MR) is 136 cm³/mol. The van der Waals surface area contributed by atoms with Gasteiger partial charge in [-0.1, -0.05) is 91.0 Å². The highest BCUT2D eigenvalue weighted by Crippen LogP contribution is 2.42. The van der Waals surface area contributed by atoms with E-state index in [-0.39, 0.29) is 5.78 Å². The highest BCUT2D eigenvalue weighted by molar-refractivity contribution is 8.22. The van der Waals surface area contributed by atoms with Crippen molar-refractivity contribution in [3.63, 3.8) is 0 Å². The van der Waals surface area contributed by atoms with E-state index >= 15 is 0 Å². The van der Waals surface area contributed by atoms with Gasteiger partial charge in [0.15, 0.2) is 5.78 Å². The van der Waals surface area contributed by atoms with Crippen LogP contribution in [0.1, 0.15) is 30.0 Å². The van der Waals surface area contributed by atoms with E-state index in [4.69, 9.17) is 0 Å². The Bertz CT molecular complexity index is 1090. The molecule has 3 heteroatoms. The van der Waals surface area contributed by atoms with Gasteiger partial charge in [0, 0.05) is 11.1 Å². The fourth-order valence-corrected chi connectivity index (χ4v) is 6.27. The molecule has 3 aromatic rings. The van der Waals surface area contributed by atoms with E-state index in [0.717, 1.165) is 49.2 Å². The van der Waals surface area contributed by atoms with Gasteiger partial charge in [-0.3, -0.25) is 4.79 Å². The van der Waals surface area contributed by atoms with Crippen molar-refractivity contribution in [1.82, 2.24) is 0 Å². The first-order valence-corrected chi connectivity index (χ1v) is 12.4. The first kappa shape index (κ1) is 21.5. The van der Waals surface area contributed by atoms with Gasteiger partial charge in [0.2, 0.25) is 0 Å². The predicted octanol–water partition coefficient (Wildman–Crippen LogP) is 7.47. The molecule has 154 valence electrons. The van der Waals surface area contributed by atoms with Crippen molar-refractivity contribution in [2.24, 2.45) is 0 Å². The summed E-state index contributed by atoms with van der Waals surface area (Å²) in [4.78, 5) is 13.0. The molecule has 4 rings (SSSR count). The van der Waals surface area contributed by atoms with Crippen LogP contribution in [0.3, 0.4) is 0 Å².